The van der Waals surface area contributed by atoms with Gasteiger partial charge in [-0.15, -0.1) is 0 Å². The van der Waals surface area contributed by atoms with E-state index in [1.54, 1.807) is 36.4 Å². The standard InChI is InChI=1S/C21H17Cl2N3O5S/c22-14-9-11-15(12-10-14)32(29,30)26-18-7-3-1-5-16(18)21(28)25-24-20(27)13-31-19-8-4-2-6-17(19)23/h1-12,26H,13H2,(H,24,27)(H,25,28). The van der Waals surface area contributed by atoms with E-state index in [1.807, 2.05) is 0 Å². The van der Waals surface area contributed by atoms with Crippen molar-refractivity contribution in [1.29, 1.82) is 0 Å². The van der Waals surface area contributed by atoms with E-state index in [9.17, 15) is 18.0 Å². The second-order valence-corrected chi connectivity index (χ2v) is 8.85. The van der Waals surface area contributed by atoms with Crippen molar-refractivity contribution in [3.8, 4) is 5.75 Å². The van der Waals surface area contributed by atoms with E-state index in [0.29, 0.717) is 15.8 Å². The zero-order chi connectivity index (χ0) is 23.1. The topological polar surface area (TPSA) is 114 Å². The summed E-state index contributed by atoms with van der Waals surface area (Å²) in [6, 6.07) is 18.1. The number of rotatable bonds is 7. The Hall–Kier alpha value is -3.27. The summed E-state index contributed by atoms with van der Waals surface area (Å²) in [6.07, 6.45) is 0. The number of benzene rings is 3. The van der Waals surface area contributed by atoms with Crippen LogP contribution in [0.1, 0.15) is 10.4 Å². The van der Waals surface area contributed by atoms with Crippen LogP contribution in [0.5, 0.6) is 5.75 Å². The zero-order valence-electron chi connectivity index (χ0n) is 16.3. The number of sulfonamides is 1. The number of amides is 2. The minimum absolute atomic E-state index is 0.00244. The number of ether oxygens (including phenoxy) is 1. The first-order valence-electron chi connectivity index (χ1n) is 9.10. The largest absolute Gasteiger partial charge is 0.482 e. The number of carbonyl (C=O) groups excluding carboxylic acids is 2. The van der Waals surface area contributed by atoms with E-state index in [1.165, 1.54) is 36.4 Å². The molecule has 3 aromatic rings. The second-order valence-electron chi connectivity index (χ2n) is 6.33. The molecular weight excluding hydrogens is 477 g/mol. The maximum atomic E-state index is 12.6. The first-order valence-corrected chi connectivity index (χ1v) is 11.3. The van der Waals surface area contributed by atoms with Gasteiger partial charge in [0.1, 0.15) is 5.75 Å². The van der Waals surface area contributed by atoms with E-state index in [2.05, 4.69) is 15.6 Å². The summed E-state index contributed by atoms with van der Waals surface area (Å²) in [4.78, 5) is 24.5. The van der Waals surface area contributed by atoms with Crippen LogP contribution in [-0.2, 0) is 14.8 Å². The summed E-state index contributed by atoms with van der Waals surface area (Å²) in [5.41, 5.74) is 4.45. The molecule has 0 aliphatic heterocycles. The van der Waals surface area contributed by atoms with Crippen molar-refractivity contribution in [2.75, 3.05) is 11.3 Å². The highest BCUT2D eigenvalue weighted by molar-refractivity contribution is 7.92. The van der Waals surface area contributed by atoms with E-state index in [4.69, 9.17) is 27.9 Å². The molecule has 3 aromatic carbocycles. The molecule has 0 radical (unpaired) electrons. The average Bonchev–Trinajstić information content (AvgIpc) is 2.77. The van der Waals surface area contributed by atoms with Gasteiger partial charge in [-0.3, -0.25) is 25.2 Å². The third kappa shape index (κ3) is 6.13. The smallest absolute Gasteiger partial charge is 0.276 e. The Morgan fingerprint density at radius 2 is 1.50 bits per heavy atom. The molecular formula is C21H17Cl2N3O5S. The Balaban J connectivity index is 1.63. The molecule has 11 heteroatoms. The highest BCUT2D eigenvalue weighted by atomic mass is 35.5. The van der Waals surface area contributed by atoms with Crippen LogP contribution >= 0.6 is 23.2 Å². The molecule has 8 nitrogen and oxygen atoms in total. The molecule has 3 N–H and O–H groups in total. The predicted octanol–water partition coefficient (Wildman–Crippen LogP) is 3.63. The van der Waals surface area contributed by atoms with Crippen LogP contribution in [0.2, 0.25) is 10.0 Å². The van der Waals surface area contributed by atoms with Gasteiger partial charge in [0.2, 0.25) is 0 Å². The second kappa shape index (κ2) is 10.4. The van der Waals surface area contributed by atoms with Crippen molar-refractivity contribution in [2.45, 2.75) is 4.90 Å². The molecule has 3 rings (SSSR count). The molecule has 0 aromatic heterocycles. The summed E-state index contributed by atoms with van der Waals surface area (Å²) < 4.78 is 32.9. The van der Waals surface area contributed by atoms with Gasteiger partial charge >= 0.3 is 0 Å². The monoisotopic (exact) mass is 493 g/mol. The summed E-state index contributed by atoms with van der Waals surface area (Å²) in [7, 11) is -3.97. The predicted molar refractivity (Wildman–Crippen MR) is 121 cm³/mol. The van der Waals surface area contributed by atoms with Crippen LogP contribution in [0.3, 0.4) is 0 Å². The number of carbonyl (C=O) groups is 2. The molecule has 0 spiro atoms. The van der Waals surface area contributed by atoms with Crippen LogP contribution in [0.25, 0.3) is 0 Å². The van der Waals surface area contributed by atoms with Gasteiger partial charge in [-0.25, -0.2) is 8.42 Å². The quantitative estimate of drug-likeness (QED) is 0.434. The lowest BCUT2D eigenvalue weighted by molar-refractivity contribution is -0.123. The highest BCUT2D eigenvalue weighted by Crippen LogP contribution is 2.23. The van der Waals surface area contributed by atoms with Crippen molar-refractivity contribution < 1.29 is 22.7 Å². The molecule has 166 valence electrons. The average molecular weight is 494 g/mol. The number of nitrogens with one attached hydrogen (secondary N) is 3. The summed E-state index contributed by atoms with van der Waals surface area (Å²) in [5.74, 6) is -1.06. The van der Waals surface area contributed by atoms with Gasteiger partial charge in [0.05, 0.1) is 21.2 Å². The first kappa shape index (κ1) is 23.4. The van der Waals surface area contributed by atoms with Gasteiger partial charge in [-0.2, -0.15) is 0 Å². The molecule has 0 unspecified atom stereocenters. The van der Waals surface area contributed by atoms with Gasteiger partial charge in [-0.05, 0) is 48.5 Å². The lowest BCUT2D eigenvalue weighted by atomic mass is 10.2. The molecule has 0 heterocycles. The number of hydrogen-bond acceptors (Lipinski definition) is 5. The van der Waals surface area contributed by atoms with Crippen molar-refractivity contribution in [3.63, 3.8) is 0 Å². The van der Waals surface area contributed by atoms with Crippen molar-refractivity contribution in [2.24, 2.45) is 0 Å². The molecule has 0 atom stereocenters. The van der Waals surface area contributed by atoms with Crippen LogP contribution in [-0.4, -0.2) is 26.8 Å². The van der Waals surface area contributed by atoms with Crippen LogP contribution in [0.4, 0.5) is 5.69 Å². The molecule has 0 saturated carbocycles. The van der Waals surface area contributed by atoms with Gasteiger partial charge < -0.3 is 4.74 Å². The van der Waals surface area contributed by atoms with Gasteiger partial charge in [0.15, 0.2) is 6.61 Å². The molecule has 0 saturated heterocycles. The molecule has 0 bridgehead atoms. The van der Waals surface area contributed by atoms with Crippen LogP contribution < -0.4 is 20.3 Å². The third-order valence-corrected chi connectivity index (χ3v) is 6.00. The van der Waals surface area contributed by atoms with E-state index < -0.39 is 28.4 Å². The number of hydrogen-bond donors (Lipinski definition) is 3. The molecule has 0 fully saturated rings. The summed E-state index contributed by atoms with van der Waals surface area (Å²) in [6.45, 7) is -0.394. The Morgan fingerprint density at radius 3 is 2.22 bits per heavy atom. The van der Waals surface area contributed by atoms with Gasteiger partial charge in [0.25, 0.3) is 21.8 Å². The maximum absolute atomic E-state index is 12.6. The maximum Gasteiger partial charge on any atom is 0.276 e. The fraction of sp³-hybridized carbons (Fsp3) is 0.0476. The number of hydrazine groups is 1. The minimum atomic E-state index is -3.97. The number of para-hydroxylation sites is 2. The van der Waals surface area contributed by atoms with Crippen LogP contribution in [0, 0.1) is 0 Å². The van der Waals surface area contributed by atoms with E-state index >= 15 is 0 Å². The van der Waals surface area contributed by atoms with Gasteiger partial charge in [0, 0.05) is 5.02 Å². The van der Waals surface area contributed by atoms with Crippen LogP contribution in [0.15, 0.2) is 77.7 Å². The van der Waals surface area contributed by atoms with Gasteiger partial charge in [-0.1, -0.05) is 47.5 Å². The molecule has 32 heavy (non-hydrogen) atoms. The summed E-state index contributed by atoms with van der Waals surface area (Å²) >= 11 is 11.7. The SMILES string of the molecule is O=C(COc1ccccc1Cl)NNC(=O)c1ccccc1NS(=O)(=O)c1ccc(Cl)cc1. The molecule has 0 aliphatic carbocycles. The van der Waals surface area contributed by atoms with E-state index in [-0.39, 0.29) is 16.1 Å². The molecule has 0 aliphatic rings. The summed E-state index contributed by atoms with van der Waals surface area (Å²) in [5, 5.41) is 0.726. The van der Waals surface area contributed by atoms with Crippen molar-refractivity contribution in [1.82, 2.24) is 10.9 Å². The third-order valence-electron chi connectivity index (χ3n) is 4.05. The number of halogens is 2. The van der Waals surface area contributed by atoms with Crippen molar-refractivity contribution in [3.05, 3.63) is 88.4 Å². The Kier molecular flexibility index (Phi) is 7.57. The Morgan fingerprint density at radius 1 is 0.844 bits per heavy atom. The Bertz CT molecular complexity index is 1230. The zero-order valence-corrected chi connectivity index (χ0v) is 18.7. The fourth-order valence-corrected chi connectivity index (χ4v) is 3.92. The Labute approximate surface area is 194 Å². The first-order chi connectivity index (χ1) is 15.3. The lowest BCUT2D eigenvalue weighted by Gasteiger charge is -2.13. The number of anilines is 1. The molecule has 2 amide bonds. The highest BCUT2D eigenvalue weighted by Gasteiger charge is 2.19. The normalized spacial score (nSPS) is 10.8. The minimum Gasteiger partial charge on any atom is -0.482 e. The lowest BCUT2D eigenvalue weighted by Crippen LogP contribution is -2.44. The fourth-order valence-electron chi connectivity index (χ4n) is 2.52. The van der Waals surface area contributed by atoms with Crippen molar-refractivity contribution >= 4 is 50.7 Å². The van der Waals surface area contributed by atoms with E-state index in [0.717, 1.165) is 0 Å².